The van der Waals surface area contributed by atoms with Crippen LogP contribution in [0.25, 0.3) is 145 Å². The average Bonchev–Trinajstić information content (AvgIpc) is 4.02. The van der Waals surface area contributed by atoms with Crippen LogP contribution < -0.4 is 0 Å². The van der Waals surface area contributed by atoms with Gasteiger partial charge < -0.3 is 0 Å². The molecular formula is C67H42N4. The van der Waals surface area contributed by atoms with E-state index < -0.39 is 0 Å². The van der Waals surface area contributed by atoms with Crippen molar-refractivity contribution < 1.29 is 0 Å². The zero-order valence-corrected chi connectivity index (χ0v) is 39.1. The monoisotopic (exact) mass is 902 g/mol. The van der Waals surface area contributed by atoms with Gasteiger partial charge in [0.2, 0.25) is 0 Å². The molecule has 12 aromatic rings. The normalized spacial score (nSPS) is 13.0. The van der Waals surface area contributed by atoms with Gasteiger partial charge in [-0.25, -0.2) is 15.0 Å². The molecule has 4 heteroatoms. The largest absolute Gasteiger partial charge is 0.264 e. The molecule has 0 radical (unpaired) electrons. The van der Waals surface area contributed by atoms with Gasteiger partial charge in [0, 0.05) is 34.5 Å². The SMILES string of the molecule is CC1(C)c2ccccc2-c2ccc(-c3nc(-c4ccc(-c5cccnc5)cc4)nc(-c4cc(-c5ccc6c7c(cccc57)-c5ccccc5-6)cc(-c5ccc6c7c(cccc57)-c5ccccc5-6)c4)n3)cc21. The summed E-state index contributed by atoms with van der Waals surface area (Å²) in [7, 11) is 0. The minimum Gasteiger partial charge on any atom is -0.264 e. The Bertz CT molecular complexity index is 4030. The standard InChI is InChI=1S/C67H42N4/c1-67(2)60-22-8-7-17-52(60)53-28-27-41(37-61(53)67)65-69-64(40-25-23-39(24-26-40)42-12-11-33-68-38-42)70-66(71-65)45-35-43(46-29-31-58-50-15-5-3-13-48(50)56-20-9-18-54(46)62(56)58)34-44(36-45)47-30-32-59-51-16-6-4-14-49(51)57-21-10-19-55(47)63(57)59/h3-38H,1-2H3. The Hall–Kier alpha value is -9.12. The lowest BCUT2D eigenvalue weighted by Crippen LogP contribution is -2.15. The lowest BCUT2D eigenvalue weighted by Gasteiger charge is -2.21. The Morgan fingerprint density at radius 2 is 0.718 bits per heavy atom. The van der Waals surface area contributed by atoms with E-state index in [2.05, 4.69) is 219 Å². The fourth-order valence-electron chi connectivity index (χ4n) is 12.1. The van der Waals surface area contributed by atoms with Crippen LogP contribution in [0.4, 0.5) is 0 Å². The number of rotatable bonds is 6. The summed E-state index contributed by atoms with van der Waals surface area (Å²) < 4.78 is 0. The van der Waals surface area contributed by atoms with Gasteiger partial charge in [0.1, 0.15) is 0 Å². The van der Waals surface area contributed by atoms with Gasteiger partial charge >= 0.3 is 0 Å². The van der Waals surface area contributed by atoms with Crippen LogP contribution in [0, 0.1) is 0 Å². The quantitative estimate of drug-likeness (QED) is 0.167. The van der Waals surface area contributed by atoms with Gasteiger partial charge in [-0.3, -0.25) is 4.98 Å². The average molecular weight is 903 g/mol. The molecular weight excluding hydrogens is 861 g/mol. The second-order valence-corrected chi connectivity index (χ2v) is 19.7. The molecule has 0 fully saturated rings. The molecule has 0 saturated carbocycles. The summed E-state index contributed by atoms with van der Waals surface area (Å²) in [6.07, 6.45) is 3.70. The van der Waals surface area contributed by atoms with Crippen molar-refractivity contribution in [3.63, 3.8) is 0 Å². The zero-order valence-electron chi connectivity index (χ0n) is 39.1. The first-order valence-electron chi connectivity index (χ1n) is 24.4. The van der Waals surface area contributed by atoms with Crippen molar-refractivity contribution in [1.82, 2.24) is 19.9 Å². The highest BCUT2D eigenvalue weighted by atomic mass is 15.0. The summed E-state index contributed by atoms with van der Waals surface area (Å²) in [4.78, 5) is 20.6. The minimum absolute atomic E-state index is 0.186. The molecule has 0 saturated heterocycles. The summed E-state index contributed by atoms with van der Waals surface area (Å²) in [5, 5.41) is 5.04. The maximum Gasteiger partial charge on any atom is 0.164 e. The Morgan fingerprint density at radius 3 is 1.30 bits per heavy atom. The lowest BCUT2D eigenvalue weighted by molar-refractivity contribution is 0.660. The first-order valence-corrected chi connectivity index (χ1v) is 24.4. The van der Waals surface area contributed by atoms with Crippen molar-refractivity contribution in [1.29, 1.82) is 0 Å². The molecule has 3 aliphatic rings. The Kier molecular flexibility index (Phi) is 8.38. The Labute approximate surface area is 411 Å². The van der Waals surface area contributed by atoms with E-state index in [1.54, 1.807) is 6.20 Å². The maximum atomic E-state index is 5.48. The highest BCUT2D eigenvalue weighted by molar-refractivity contribution is 6.20. The van der Waals surface area contributed by atoms with Crippen LogP contribution in [0.2, 0.25) is 0 Å². The highest BCUT2D eigenvalue weighted by Crippen LogP contribution is 2.53. The predicted molar refractivity (Wildman–Crippen MR) is 292 cm³/mol. The van der Waals surface area contributed by atoms with Gasteiger partial charge in [-0.2, -0.15) is 0 Å². The van der Waals surface area contributed by atoms with Crippen molar-refractivity contribution >= 4 is 21.5 Å². The van der Waals surface area contributed by atoms with E-state index in [1.165, 1.54) is 99.4 Å². The van der Waals surface area contributed by atoms with Crippen molar-refractivity contribution in [2.24, 2.45) is 0 Å². The molecule has 0 atom stereocenters. The number of pyridine rings is 1. The fraction of sp³-hybridized carbons (Fsp3) is 0.0448. The van der Waals surface area contributed by atoms with Crippen LogP contribution in [0.1, 0.15) is 25.0 Å². The van der Waals surface area contributed by atoms with Crippen LogP contribution in [-0.2, 0) is 5.41 Å². The van der Waals surface area contributed by atoms with Gasteiger partial charge in [-0.05, 0) is 152 Å². The first-order chi connectivity index (χ1) is 34.9. The van der Waals surface area contributed by atoms with Crippen LogP contribution in [-0.4, -0.2) is 19.9 Å². The third-order valence-electron chi connectivity index (χ3n) is 15.5. The summed E-state index contributed by atoms with van der Waals surface area (Å²) in [6, 6.07) is 75.4. The predicted octanol–water partition coefficient (Wildman–Crippen LogP) is 17.2. The summed E-state index contributed by atoms with van der Waals surface area (Å²) in [6.45, 7) is 4.64. The van der Waals surface area contributed by atoms with Gasteiger partial charge in [-0.1, -0.05) is 190 Å². The number of hydrogen-bond donors (Lipinski definition) is 0. The van der Waals surface area contributed by atoms with Gasteiger partial charge in [0.05, 0.1) is 0 Å². The maximum absolute atomic E-state index is 5.48. The first kappa shape index (κ1) is 39.8. The van der Waals surface area contributed by atoms with Crippen LogP contribution in [0.15, 0.2) is 219 Å². The van der Waals surface area contributed by atoms with Crippen molar-refractivity contribution in [3.8, 4) is 123 Å². The molecule has 2 heterocycles. The second-order valence-electron chi connectivity index (χ2n) is 19.7. The van der Waals surface area contributed by atoms with Gasteiger partial charge in [0.25, 0.3) is 0 Å². The molecule has 0 bridgehead atoms. The second kappa shape index (κ2) is 14.9. The number of aromatic nitrogens is 4. The summed E-state index contributed by atoms with van der Waals surface area (Å²) in [5.41, 5.74) is 24.7. The zero-order chi connectivity index (χ0) is 47.0. The van der Waals surface area contributed by atoms with Crippen LogP contribution in [0.3, 0.4) is 0 Å². The number of hydrogen-bond acceptors (Lipinski definition) is 4. The smallest absolute Gasteiger partial charge is 0.164 e. The molecule has 0 N–H and O–H groups in total. The van der Waals surface area contributed by atoms with E-state index in [1.807, 2.05) is 12.3 Å². The molecule has 0 aliphatic heterocycles. The van der Waals surface area contributed by atoms with Crippen LogP contribution >= 0.6 is 0 Å². The van der Waals surface area contributed by atoms with E-state index in [0.717, 1.165) is 38.9 Å². The molecule has 71 heavy (non-hydrogen) atoms. The van der Waals surface area contributed by atoms with Gasteiger partial charge in [-0.15, -0.1) is 0 Å². The van der Waals surface area contributed by atoms with E-state index in [4.69, 9.17) is 15.0 Å². The molecule has 0 amide bonds. The molecule has 2 aromatic heterocycles. The Morgan fingerprint density at radius 1 is 0.282 bits per heavy atom. The van der Waals surface area contributed by atoms with Crippen molar-refractivity contribution in [2.75, 3.05) is 0 Å². The minimum atomic E-state index is -0.186. The molecule has 3 aliphatic carbocycles. The summed E-state index contributed by atoms with van der Waals surface area (Å²) in [5.74, 6) is 1.86. The van der Waals surface area contributed by atoms with E-state index in [0.29, 0.717) is 17.5 Å². The van der Waals surface area contributed by atoms with Crippen LogP contribution in [0.5, 0.6) is 0 Å². The molecule has 10 aromatic carbocycles. The number of benzene rings is 10. The number of nitrogens with zero attached hydrogens (tertiary/aromatic N) is 4. The molecule has 15 rings (SSSR count). The van der Waals surface area contributed by atoms with Crippen molar-refractivity contribution in [3.05, 3.63) is 230 Å². The number of fused-ring (bicyclic) bond motifs is 9. The lowest BCUT2D eigenvalue weighted by atomic mass is 9.82. The third-order valence-corrected chi connectivity index (χ3v) is 15.5. The van der Waals surface area contributed by atoms with Crippen molar-refractivity contribution in [2.45, 2.75) is 19.3 Å². The van der Waals surface area contributed by atoms with E-state index in [-0.39, 0.29) is 5.41 Å². The third kappa shape index (κ3) is 5.92. The van der Waals surface area contributed by atoms with Gasteiger partial charge in [0.15, 0.2) is 17.5 Å². The molecule has 330 valence electrons. The Balaban J connectivity index is 0.968. The van der Waals surface area contributed by atoms with E-state index >= 15 is 0 Å². The topological polar surface area (TPSA) is 51.6 Å². The summed E-state index contributed by atoms with van der Waals surface area (Å²) >= 11 is 0. The highest BCUT2D eigenvalue weighted by Gasteiger charge is 2.35. The fourth-order valence-corrected chi connectivity index (χ4v) is 12.1. The molecule has 0 spiro atoms. The molecule has 0 unspecified atom stereocenters. The van der Waals surface area contributed by atoms with E-state index in [9.17, 15) is 0 Å². The molecule has 4 nitrogen and oxygen atoms in total.